The molecule has 0 saturated carbocycles. The van der Waals surface area contributed by atoms with Crippen molar-refractivity contribution < 1.29 is 31.4 Å². The Morgan fingerprint density at radius 3 is 1.83 bits per heavy atom. The zero-order valence-corrected chi connectivity index (χ0v) is 12.5. The molecular formula is C12H8Cl2F6N2O. The second-order valence-electron chi connectivity index (χ2n) is 4.36. The van der Waals surface area contributed by atoms with Gasteiger partial charge in [-0.25, -0.2) is 0 Å². The molecule has 1 aromatic carbocycles. The standard InChI is InChI=1S/C12H8Cl2F6N2O/c13-7-4-6(5-8(14)9(7)22-3-1-2-21)10(23,11(15,16)17)12(18,19)20/h4-5,22-23H,1,3H2. The molecule has 0 bridgehead atoms. The van der Waals surface area contributed by atoms with Crippen LogP contribution in [0.1, 0.15) is 12.0 Å². The molecule has 3 nitrogen and oxygen atoms in total. The lowest BCUT2D eigenvalue weighted by molar-refractivity contribution is -0.376. The van der Waals surface area contributed by atoms with E-state index in [1.165, 1.54) is 0 Å². The number of rotatable bonds is 4. The highest BCUT2D eigenvalue weighted by Gasteiger charge is 2.71. The summed E-state index contributed by atoms with van der Waals surface area (Å²) < 4.78 is 76.7. The number of halogens is 8. The van der Waals surface area contributed by atoms with Crippen LogP contribution in [0.2, 0.25) is 10.0 Å². The first kappa shape index (κ1) is 19.7. The van der Waals surface area contributed by atoms with Crippen LogP contribution in [0.4, 0.5) is 32.0 Å². The highest BCUT2D eigenvalue weighted by atomic mass is 35.5. The Hall–Kier alpha value is -1.37. The Balaban J connectivity index is 3.41. The number of hydrogen-bond donors (Lipinski definition) is 2. The summed E-state index contributed by atoms with van der Waals surface area (Å²) >= 11 is 11.3. The second kappa shape index (κ2) is 6.63. The molecule has 2 N–H and O–H groups in total. The number of benzene rings is 1. The Morgan fingerprint density at radius 2 is 1.48 bits per heavy atom. The smallest absolute Gasteiger partial charge is 0.382 e. The summed E-state index contributed by atoms with van der Waals surface area (Å²) in [6.07, 6.45) is -12.1. The highest BCUT2D eigenvalue weighted by molar-refractivity contribution is 6.39. The molecule has 0 spiro atoms. The van der Waals surface area contributed by atoms with Crippen LogP contribution in [0.5, 0.6) is 0 Å². The van der Waals surface area contributed by atoms with Crippen molar-refractivity contribution in [2.24, 2.45) is 0 Å². The van der Waals surface area contributed by atoms with Crippen molar-refractivity contribution in [2.75, 3.05) is 11.9 Å². The lowest BCUT2D eigenvalue weighted by Crippen LogP contribution is -2.53. The average molecular weight is 381 g/mol. The molecule has 1 rings (SSSR count). The first-order valence-electron chi connectivity index (χ1n) is 5.82. The third-order valence-electron chi connectivity index (χ3n) is 2.82. The van der Waals surface area contributed by atoms with E-state index in [1.54, 1.807) is 6.07 Å². The molecule has 0 fully saturated rings. The van der Waals surface area contributed by atoms with Gasteiger partial charge in [0.1, 0.15) is 0 Å². The van der Waals surface area contributed by atoms with Gasteiger partial charge in [0.25, 0.3) is 5.60 Å². The van der Waals surface area contributed by atoms with Crippen molar-refractivity contribution in [3.05, 3.63) is 27.7 Å². The van der Waals surface area contributed by atoms with E-state index in [0.29, 0.717) is 12.1 Å². The summed E-state index contributed by atoms with van der Waals surface area (Å²) in [4.78, 5) is 0. The lowest BCUT2D eigenvalue weighted by Gasteiger charge is -2.33. The number of anilines is 1. The van der Waals surface area contributed by atoms with Crippen molar-refractivity contribution >= 4 is 28.9 Å². The topological polar surface area (TPSA) is 56.0 Å². The summed E-state index contributed by atoms with van der Waals surface area (Å²) in [6, 6.07) is 2.41. The van der Waals surface area contributed by atoms with Gasteiger partial charge < -0.3 is 10.4 Å². The average Bonchev–Trinajstić information content (AvgIpc) is 2.38. The molecule has 0 aliphatic carbocycles. The largest absolute Gasteiger partial charge is 0.430 e. The van der Waals surface area contributed by atoms with E-state index in [1.807, 2.05) is 0 Å². The second-order valence-corrected chi connectivity index (χ2v) is 5.17. The molecule has 0 aliphatic heterocycles. The van der Waals surface area contributed by atoms with E-state index in [-0.39, 0.29) is 18.7 Å². The third kappa shape index (κ3) is 3.76. The highest BCUT2D eigenvalue weighted by Crippen LogP contribution is 2.51. The predicted molar refractivity (Wildman–Crippen MR) is 71.2 cm³/mol. The number of nitrogens with one attached hydrogen (secondary N) is 1. The fraction of sp³-hybridized carbons (Fsp3) is 0.417. The normalized spacial score (nSPS) is 12.9. The van der Waals surface area contributed by atoms with E-state index in [9.17, 15) is 31.4 Å². The molecular weight excluding hydrogens is 373 g/mol. The van der Waals surface area contributed by atoms with Gasteiger partial charge >= 0.3 is 12.4 Å². The maximum absolute atomic E-state index is 12.8. The van der Waals surface area contributed by atoms with Crippen molar-refractivity contribution in [3.8, 4) is 6.07 Å². The number of aliphatic hydroxyl groups is 1. The van der Waals surface area contributed by atoms with Crippen LogP contribution in [0.3, 0.4) is 0 Å². The SMILES string of the molecule is N#CCCNc1c(Cl)cc(C(O)(C(F)(F)F)C(F)(F)F)cc1Cl. The maximum atomic E-state index is 12.8. The monoisotopic (exact) mass is 380 g/mol. The van der Waals surface area contributed by atoms with Gasteiger partial charge in [-0.3, -0.25) is 0 Å². The molecule has 0 atom stereocenters. The maximum Gasteiger partial charge on any atom is 0.430 e. The molecule has 0 aromatic heterocycles. The summed E-state index contributed by atoms with van der Waals surface area (Å²) in [5, 5.41) is 19.0. The zero-order valence-electron chi connectivity index (χ0n) is 11.0. The van der Waals surface area contributed by atoms with Gasteiger partial charge in [-0.1, -0.05) is 23.2 Å². The van der Waals surface area contributed by atoms with Gasteiger partial charge in [0.2, 0.25) is 0 Å². The van der Waals surface area contributed by atoms with Gasteiger partial charge in [0, 0.05) is 12.1 Å². The first-order valence-corrected chi connectivity index (χ1v) is 6.58. The van der Waals surface area contributed by atoms with Crippen molar-refractivity contribution in [3.63, 3.8) is 0 Å². The predicted octanol–water partition coefficient (Wildman–Crippen LogP) is 4.63. The minimum Gasteiger partial charge on any atom is -0.382 e. The minimum atomic E-state index is -6.03. The molecule has 0 unspecified atom stereocenters. The Morgan fingerprint density at radius 1 is 1.04 bits per heavy atom. The van der Waals surface area contributed by atoms with E-state index in [2.05, 4.69) is 5.32 Å². The molecule has 0 amide bonds. The van der Waals surface area contributed by atoms with Crippen LogP contribution in [0, 0.1) is 11.3 Å². The number of nitrogens with zero attached hydrogens (tertiary/aromatic N) is 1. The third-order valence-corrected chi connectivity index (χ3v) is 3.42. The van der Waals surface area contributed by atoms with Crippen LogP contribution in [0.25, 0.3) is 0 Å². The Bertz CT molecular complexity index is 586. The Labute approximate surface area is 136 Å². The molecule has 0 heterocycles. The summed E-state index contributed by atoms with van der Waals surface area (Å²) in [6.45, 7) is 0.0259. The van der Waals surface area contributed by atoms with E-state index < -0.39 is 33.6 Å². The van der Waals surface area contributed by atoms with Crippen LogP contribution < -0.4 is 5.32 Å². The molecule has 11 heteroatoms. The van der Waals surface area contributed by atoms with Crippen molar-refractivity contribution in [1.29, 1.82) is 5.26 Å². The number of hydrogen-bond acceptors (Lipinski definition) is 3. The van der Waals surface area contributed by atoms with E-state index >= 15 is 0 Å². The number of nitriles is 1. The van der Waals surface area contributed by atoms with Crippen LogP contribution >= 0.6 is 23.2 Å². The van der Waals surface area contributed by atoms with Gasteiger partial charge in [-0.05, 0) is 12.1 Å². The molecule has 0 aliphatic rings. The fourth-order valence-electron chi connectivity index (χ4n) is 1.68. The van der Waals surface area contributed by atoms with Gasteiger partial charge in [-0.2, -0.15) is 31.6 Å². The summed E-state index contributed by atoms with van der Waals surface area (Å²) in [5.41, 5.74) is -6.81. The molecule has 1 aromatic rings. The lowest BCUT2D eigenvalue weighted by atomic mass is 9.92. The van der Waals surface area contributed by atoms with Gasteiger partial charge in [-0.15, -0.1) is 0 Å². The van der Waals surface area contributed by atoms with Crippen molar-refractivity contribution in [1.82, 2.24) is 0 Å². The minimum absolute atomic E-state index is 0.00342. The zero-order chi connectivity index (χ0) is 18.1. The number of alkyl halides is 6. The molecule has 0 radical (unpaired) electrons. The molecule has 0 saturated heterocycles. The van der Waals surface area contributed by atoms with Crippen LogP contribution in [0.15, 0.2) is 12.1 Å². The van der Waals surface area contributed by atoms with Crippen molar-refractivity contribution in [2.45, 2.75) is 24.4 Å². The quantitative estimate of drug-likeness (QED) is 0.591. The Kier molecular flexibility index (Phi) is 5.67. The van der Waals surface area contributed by atoms with Crippen LogP contribution in [-0.2, 0) is 5.60 Å². The van der Waals surface area contributed by atoms with E-state index in [4.69, 9.17) is 28.5 Å². The van der Waals surface area contributed by atoms with Gasteiger partial charge in [0.05, 0.1) is 28.2 Å². The molecule has 128 valence electrons. The van der Waals surface area contributed by atoms with Crippen LogP contribution in [-0.4, -0.2) is 24.0 Å². The summed E-state index contributed by atoms with van der Waals surface area (Å²) in [5.74, 6) is 0. The first-order chi connectivity index (χ1) is 10.4. The molecule has 23 heavy (non-hydrogen) atoms. The summed E-state index contributed by atoms with van der Waals surface area (Å²) in [7, 11) is 0. The van der Waals surface area contributed by atoms with Gasteiger partial charge in [0.15, 0.2) is 0 Å². The van der Waals surface area contributed by atoms with E-state index in [0.717, 1.165) is 0 Å². The fourth-order valence-corrected chi connectivity index (χ4v) is 2.30.